The number of hydrogen-bond donors (Lipinski definition) is 4. The van der Waals surface area contributed by atoms with Crippen molar-refractivity contribution in [2.75, 3.05) is 6.01 Å². The lowest BCUT2D eigenvalue weighted by Gasteiger charge is -2.63. The van der Waals surface area contributed by atoms with E-state index in [1.807, 2.05) is 0 Å². The van der Waals surface area contributed by atoms with Crippen LogP contribution in [0.15, 0.2) is 23.2 Å². The molecule has 0 aromatic carbocycles. The highest BCUT2D eigenvalue weighted by Gasteiger charge is 2.78. The normalized spacial score (nSPS) is 48.5. The summed E-state index contributed by atoms with van der Waals surface area (Å²) in [6.07, 6.45) is -9.43. The third-order valence-electron chi connectivity index (χ3n) is 10.1. The van der Waals surface area contributed by atoms with Crippen molar-refractivity contribution in [3.63, 3.8) is 0 Å². The second-order valence-electron chi connectivity index (χ2n) is 11.7. The van der Waals surface area contributed by atoms with E-state index in [9.17, 15) is 44.0 Å². The Labute approximate surface area is 230 Å². The molecule has 0 bridgehead atoms. The number of ether oxygens (including phenoxy) is 2. The number of allylic oxidation sites excluding steroid dienone is 2. The second-order valence-corrected chi connectivity index (χ2v) is 12.6. The lowest BCUT2D eigenvalue weighted by Crippen LogP contribution is -2.71. The van der Waals surface area contributed by atoms with Crippen LogP contribution in [0.5, 0.6) is 0 Å². The maximum Gasteiger partial charge on any atom is 0.344 e. The molecule has 40 heavy (non-hydrogen) atoms. The molecule has 220 valence electrons. The van der Waals surface area contributed by atoms with Gasteiger partial charge in [0.2, 0.25) is 16.7 Å². The molecule has 1 heterocycles. The number of carbonyl (C=O) groups excluding carboxylic acids is 4. The molecule has 0 radical (unpaired) electrons. The first-order chi connectivity index (χ1) is 18.5. The van der Waals surface area contributed by atoms with Gasteiger partial charge in [-0.2, -0.15) is 0 Å². The molecule has 5 rings (SSSR count). The van der Waals surface area contributed by atoms with Gasteiger partial charge in [-0.05, 0) is 49.7 Å². The number of carbonyl (C=O) groups is 4. The fraction of sp³-hybridized carbons (Fsp3) is 0.692. The van der Waals surface area contributed by atoms with Crippen LogP contribution in [-0.2, 0) is 28.7 Å². The summed E-state index contributed by atoms with van der Waals surface area (Å²) in [6, 6.07) is -1.12. The van der Waals surface area contributed by atoms with Crippen molar-refractivity contribution in [1.29, 1.82) is 0 Å². The van der Waals surface area contributed by atoms with Crippen LogP contribution in [0.3, 0.4) is 0 Å². The first-order valence-electron chi connectivity index (χ1n) is 12.8. The van der Waals surface area contributed by atoms with Crippen LogP contribution < -0.4 is 0 Å². The molecule has 3 saturated carbocycles. The van der Waals surface area contributed by atoms with E-state index in [1.54, 1.807) is 0 Å². The molecule has 1 aliphatic heterocycles. The number of aliphatic hydroxyl groups excluding tert-OH is 3. The van der Waals surface area contributed by atoms with Gasteiger partial charge in [-0.25, -0.2) is 22.8 Å². The Morgan fingerprint density at radius 1 is 1.07 bits per heavy atom. The van der Waals surface area contributed by atoms with Crippen LogP contribution in [0.4, 0.5) is 13.2 Å². The number of ketones is 1. The number of fused-ring (bicyclic) bond motifs is 6. The molecule has 11 atom stereocenters. The standard InChI is InChI=1S/C26H29F3O10S/c1-9-4-10-11-5-13(28)12-6-14(30)18-19(39-21(35)17(33)16(32)20(34)38-18)24(12,3)25(11,29)15(31)7-23(10,2)26(9,37)22(36)40-8-27/h6,9-11,13,15-17,31-33,37H,4-5,7-8H2,1-3H3/t9-,10+,11?,13+,15+,16?,17?,23+,24+,25+,26+/m1/s1. The Kier molecular flexibility index (Phi) is 6.67. The van der Waals surface area contributed by atoms with Crippen molar-refractivity contribution in [3.05, 3.63) is 23.2 Å². The van der Waals surface area contributed by atoms with Crippen molar-refractivity contribution >= 4 is 34.6 Å². The summed E-state index contributed by atoms with van der Waals surface area (Å²) in [5.41, 5.74) is -9.56. The van der Waals surface area contributed by atoms with E-state index in [1.165, 1.54) is 13.8 Å². The zero-order valence-electron chi connectivity index (χ0n) is 21.7. The molecule has 10 nitrogen and oxygen atoms in total. The van der Waals surface area contributed by atoms with E-state index in [0.29, 0.717) is 6.08 Å². The first kappa shape index (κ1) is 29.2. The quantitative estimate of drug-likeness (QED) is 0.338. The number of hydrogen-bond acceptors (Lipinski definition) is 11. The highest BCUT2D eigenvalue weighted by atomic mass is 32.2. The molecule has 14 heteroatoms. The second kappa shape index (κ2) is 9.12. The number of rotatable bonds is 2. The monoisotopic (exact) mass is 590 g/mol. The molecular formula is C26H29F3O10S. The number of thioether (sulfide) groups is 1. The molecule has 4 aliphatic carbocycles. The van der Waals surface area contributed by atoms with Crippen molar-refractivity contribution in [2.45, 2.75) is 75.8 Å². The highest BCUT2D eigenvalue weighted by Crippen LogP contribution is 2.72. The zero-order chi connectivity index (χ0) is 29.7. The maximum absolute atomic E-state index is 17.9. The summed E-state index contributed by atoms with van der Waals surface area (Å²) in [4.78, 5) is 50.9. The Hall–Kier alpha value is -2.26. The van der Waals surface area contributed by atoms with Gasteiger partial charge >= 0.3 is 11.9 Å². The maximum atomic E-state index is 17.9. The van der Waals surface area contributed by atoms with Gasteiger partial charge in [0, 0.05) is 11.3 Å². The van der Waals surface area contributed by atoms with E-state index in [2.05, 4.69) is 0 Å². The minimum absolute atomic E-state index is 0.000997. The van der Waals surface area contributed by atoms with E-state index in [-0.39, 0.29) is 18.2 Å². The molecule has 3 fully saturated rings. The molecule has 3 unspecified atom stereocenters. The van der Waals surface area contributed by atoms with Crippen molar-refractivity contribution in [3.8, 4) is 0 Å². The summed E-state index contributed by atoms with van der Waals surface area (Å²) in [6.45, 7) is 4.06. The van der Waals surface area contributed by atoms with E-state index >= 15 is 8.78 Å². The zero-order valence-corrected chi connectivity index (χ0v) is 22.5. The summed E-state index contributed by atoms with van der Waals surface area (Å²) >= 11 is 0.244. The number of esters is 2. The minimum Gasteiger partial charge on any atom is -0.424 e. The topological polar surface area (TPSA) is 168 Å². The van der Waals surface area contributed by atoms with Gasteiger partial charge in [-0.15, -0.1) is 0 Å². The summed E-state index contributed by atoms with van der Waals surface area (Å²) in [7, 11) is 0. The van der Waals surface area contributed by atoms with Crippen LogP contribution in [-0.4, -0.2) is 85.0 Å². The fourth-order valence-corrected chi connectivity index (χ4v) is 8.84. The minimum atomic E-state index is -2.91. The van der Waals surface area contributed by atoms with Crippen LogP contribution in [0.1, 0.15) is 40.0 Å². The van der Waals surface area contributed by atoms with E-state index in [4.69, 9.17) is 9.47 Å². The number of halogens is 3. The molecular weight excluding hydrogens is 561 g/mol. The molecule has 4 N–H and O–H groups in total. The average Bonchev–Trinajstić information content (AvgIpc) is 3.09. The van der Waals surface area contributed by atoms with Gasteiger partial charge in [0.1, 0.15) is 17.8 Å². The predicted octanol–water partition coefficient (Wildman–Crippen LogP) is 0.946. The third-order valence-corrected chi connectivity index (χ3v) is 10.8. The third kappa shape index (κ3) is 3.33. The van der Waals surface area contributed by atoms with Crippen LogP contribution >= 0.6 is 11.8 Å². The summed E-state index contributed by atoms with van der Waals surface area (Å²) in [5, 5.41) is 42.2. The Morgan fingerprint density at radius 2 is 1.68 bits per heavy atom. The van der Waals surface area contributed by atoms with Gasteiger partial charge in [0.15, 0.2) is 23.6 Å². The first-order valence-corrected chi connectivity index (χ1v) is 13.8. The van der Waals surface area contributed by atoms with Crippen molar-refractivity contribution < 1.29 is 62.2 Å². The van der Waals surface area contributed by atoms with Crippen LogP contribution in [0, 0.1) is 28.6 Å². The molecule has 0 aromatic rings. The van der Waals surface area contributed by atoms with Crippen molar-refractivity contribution in [1.82, 2.24) is 0 Å². The number of alkyl halides is 3. The molecule has 0 amide bonds. The lowest BCUT2D eigenvalue weighted by atomic mass is 9.44. The number of aliphatic hydroxyl groups is 4. The van der Waals surface area contributed by atoms with Crippen LogP contribution in [0.2, 0.25) is 0 Å². The fourth-order valence-electron chi connectivity index (χ4n) is 8.09. The SMILES string of the molecule is C[C@@H]1C[C@H]2C3C[C@H](F)C4=CC(=O)C5=C(OC(=O)C(O)C(O)C(=O)O5)[C@@]4(C)[C@@]3(F)[C@@H](O)C[C@]2(C)[C@@]1(O)C(=O)SCF. The van der Waals surface area contributed by atoms with Crippen molar-refractivity contribution in [2.24, 2.45) is 28.6 Å². The van der Waals surface area contributed by atoms with Gasteiger partial charge < -0.3 is 29.9 Å². The van der Waals surface area contributed by atoms with Gasteiger partial charge in [0.05, 0.1) is 11.5 Å². The molecule has 0 aromatic heterocycles. The molecule has 5 aliphatic rings. The summed E-state index contributed by atoms with van der Waals surface area (Å²) < 4.78 is 57.1. The van der Waals surface area contributed by atoms with Gasteiger partial charge in [0.25, 0.3) is 0 Å². The lowest BCUT2D eigenvalue weighted by molar-refractivity contribution is -0.230. The largest absolute Gasteiger partial charge is 0.424 e. The predicted molar refractivity (Wildman–Crippen MR) is 129 cm³/mol. The van der Waals surface area contributed by atoms with Crippen LogP contribution in [0.25, 0.3) is 0 Å². The smallest absolute Gasteiger partial charge is 0.344 e. The average molecular weight is 591 g/mol. The molecule has 0 spiro atoms. The Morgan fingerprint density at radius 3 is 2.27 bits per heavy atom. The van der Waals surface area contributed by atoms with Gasteiger partial charge in [-0.3, -0.25) is 9.59 Å². The highest BCUT2D eigenvalue weighted by molar-refractivity contribution is 8.13. The Balaban J connectivity index is 1.70. The van der Waals surface area contributed by atoms with E-state index in [0.717, 1.165) is 6.92 Å². The van der Waals surface area contributed by atoms with E-state index < -0.39 is 123 Å². The molecule has 0 saturated heterocycles. The van der Waals surface area contributed by atoms with Gasteiger partial charge in [-0.1, -0.05) is 25.6 Å². The Bertz CT molecular complexity index is 1270. The summed E-state index contributed by atoms with van der Waals surface area (Å²) in [5.74, 6) is -9.57.